The van der Waals surface area contributed by atoms with E-state index < -0.39 is 8.07 Å². The van der Waals surface area contributed by atoms with Crippen LogP contribution in [0.1, 0.15) is 22.3 Å². The topological polar surface area (TPSA) is 15.3 Å². The van der Waals surface area contributed by atoms with Crippen LogP contribution in [-0.2, 0) is 6.54 Å². The first-order valence-corrected chi connectivity index (χ1v) is 12.6. The van der Waals surface area contributed by atoms with Crippen molar-refractivity contribution in [3.63, 3.8) is 0 Å². The van der Waals surface area contributed by atoms with Gasteiger partial charge in [0.25, 0.3) is 0 Å². The van der Waals surface area contributed by atoms with Gasteiger partial charge in [-0.15, -0.1) is 5.54 Å². The van der Waals surface area contributed by atoms with Crippen molar-refractivity contribution in [1.82, 2.24) is 10.2 Å². The molecule has 2 nitrogen and oxygen atoms in total. The molecule has 0 spiro atoms. The molecule has 120 valence electrons. The molecule has 1 aliphatic rings. The van der Waals surface area contributed by atoms with Gasteiger partial charge in [0.05, 0.1) is 0 Å². The zero-order chi connectivity index (χ0) is 16.3. The number of benzene rings is 1. The van der Waals surface area contributed by atoms with E-state index in [-0.39, 0.29) is 0 Å². The van der Waals surface area contributed by atoms with Crippen molar-refractivity contribution in [2.75, 3.05) is 26.2 Å². The molecule has 0 atom stereocenters. The predicted octanol–water partition coefficient (Wildman–Crippen LogP) is 3.54. The van der Waals surface area contributed by atoms with Crippen LogP contribution in [0.5, 0.6) is 0 Å². The molecule has 0 saturated carbocycles. The lowest BCUT2D eigenvalue weighted by molar-refractivity contribution is 0.233. The van der Waals surface area contributed by atoms with Gasteiger partial charge in [-0.05, 0) is 59.2 Å². The van der Waals surface area contributed by atoms with E-state index in [0.717, 1.165) is 32.7 Å². The highest BCUT2D eigenvalue weighted by molar-refractivity contribution is 14.1. The SMILES string of the molecule is Cc1c(I)cc(CN2CCNCC2)c(C)c1C#C[Si](C)(C)C. The second-order valence-electron chi connectivity index (χ2n) is 7.17. The second kappa shape index (κ2) is 7.48. The van der Waals surface area contributed by atoms with E-state index in [1.54, 1.807) is 0 Å². The number of hydrogen-bond donors (Lipinski definition) is 1. The molecule has 0 unspecified atom stereocenters. The molecule has 0 radical (unpaired) electrons. The highest BCUT2D eigenvalue weighted by atomic mass is 127. The fraction of sp³-hybridized carbons (Fsp3) is 0.556. The molecule has 0 aromatic heterocycles. The summed E-state index contributed by atoms with van der Waals surface area (Å²) in [5, 5.41) is 3.42. The highest BCUT2D eigenvalue weighted by Gasteiger charge is 2.15. The van der Waals surface area contributed by atoms with E-state index in [0.29, 0.717) is 0 Å². The molecular formula is C18H27IN2Si. The van der Waals surface area contributed by atoms with E-state index in [2.05, 4.69) is 83.8 Å². The van der Waals surface area contributed by atoms with E-state index in [9.17, 15) is 0 Å². The van der Waals surface area contributed by atoms with E-state index in [1.807, 2.05) is 0 Å². The summed E-state index contributed by atoms with van der Waals surface area (Å²) in [6.45, 7) is 16.9. The van der Waals surface area contributed by atoms with Gasteiger partial charge in [-0.3, -0.25) is 4.90 Å². The number of nitrogens with one attached hydrogen (secondary N) is 1. The van der Waals surface area contributed by atoms with Gasteiger partial charge in [-0.2, -0.15) is 0 Å². The summed E-state index contributed by atoms with van der Waals surface area (Å²) >= 11 is 2.46. The molecule has 22 heavy (non-hydrogen) atoms. The van der Waals surface area contributed by atoms with Crippen molar-refractivity contribution in [3.8, 4) is 11.5 Å². The molecule has 1 heterocycles. The van der Waals surface area contributed by atoms with Crippen molar-refractivity contribution < 1.29 is 0 Å². The first-order chi connectivity index (χ1) is 10.3. The van der Waals surface area contributed by atoms with E-state index >= 15 is 0 Å². The van der Waals surface area contributed by atoms with E-state index in [1.165, 1.54) is 25.8 Å². The number of nitrogens with zero attached hydrogens (tertiary/aromatic N) is 1. The summed E-state index contributed by atoms with van der Waals surface area (Å²) in [5.41, 5.74) is 8.96. The van der Waals surface area contributed by atoms with Gasteiger partial charge < -0.3 is 5.32 Å². The molecule has 2 rings (SSSR count). The fourth-order valence-electron chi connectivity index (χ4n) is 2.64. The third-order valence-corrected chi connectivity index (χ3v) is 6.05. The van der Waals surface area contributed by atoms with Crippen LogP contribution in [0.25, 0.3) is 0 Å². The average Bonchev–Trinajstić information content (AvgIpc) is 2.44. The Hall–Kier alpha value is -0.353. The molecule has 1 saturated heterocycles. The van der Waals surface area contributed by atoms with Gasteiger partial charge in [0.1, 0.15) is 8.07 Å². The van der Waals surface area contributed by atoms with Crippen LogP contribution in [0.15, 0.2) is 6.07 Å². The van der Waals surface area contributed by atoms with Crippen LogP contribution in [0.4, 0.5) is 0 Å². The largest absolute Gasteiger partial charge is 0.314 e. The highest BCUT2D eigenvalue weighted by Crippen LogP contribution is 2.24. The summed E-state index contributed by atoms with van der Waals surface area (Å²) in [6.07, 6.45) is 0. The van der Waals surface area contributed by atoms with Gasteiger partial charge in [0.2, 0.25) is 0 Å². The maximum absolute atomic E-state index is 3.54. The monoisotopic (exact) mass is 426 g/mol. The fourth-order valence-corrected chi connectivity index (χ4v) is 3.79. The summed E-state index contributed by atoms with van der Waals surface area (Å²) in [6, 6.07) is 2.35. The van der Waals surface area contributed by atoms with Gasteiger partial charge in [-0.1, -0.05) is 25.6 Å². The Bertz CT molecular complexity index is 602. The molecular weight excluding hydrogens is 399 g/mol. The summed E-state index contributed by atoms with van der Waals surface area (Å²) in [7, 11) is -1.35. The lowest BCUT2D eigenvalue weighted by Crippen LogP contribution is -2.43. The Kier molecular flexibility index (Phi) is 6.12. The Balaban J connectivity index is 2.34. The van der Waals surface area contributed by atoms with Crippen molar-refractivity contribution in [2.45, 2.75) is 40.0 Å². The van der Waals surface area contributed by atoms with Crippen LogP contribution in [0.2, 0.25) is 19.6 Å². The van der Waals surface area contributed by atoms with Gasteiger partial charge in [0.15, 0.2) is 0 Å². The molecule has 0 aliphatic carbocycles. The number of hydrogen-bond acceptors (Lipinski definition) is 2. The quantitative estimate of drug-likeness (QED) is 0.442. The van der Waals surface area contributed by atoms with Crippen LogP contribution < -0.4 is 5.32 Å². The lowest BCUT2D eigenvalue weighted by Gasteiger charge is -2.28. The minimum absolute atomic E-state index is 1.05. The Morgan fingerprint density at radius 3 is 2.41 bits per heavy atom. The lowest BCUT2D eigenvalue weighted by atomic mass is 9.97. The Morgan fingerprint density at radius 1 is 1.18 bits per heavy atom. The first kappa shape index (κ1) is 18.0. The molecule has 4 heteroatoms. The molecule has 1 aliphatic heterocycles. The molecule has 0 amide bonds. The second-order valence-corrected chi connectivity index (χ2v) is 13.1. The Labute approximate surface area is 150 Å². The van der Waals surface area contributed by atoms with Crippen LogP contribution >= 0.6 is 22.6 Å². The standard InChI is InChI=1S/C18H27IN2Si/c1-14-16(13-21-9-7-20-8-10-21)12-18(19)15(2)17(14)6-11-22(3,4)5/h12,20H,7-10,13H2,1-5H3. The minimum atomic E-state index is -1.35. The van der Waals surface area contributed by atoms with Crippen LogP contribution in [0.3, 0.4) is 0 Å². The predicted molar refractivity (Wildman–Crippen MR) is 107 cm³/mol. The third kappa shape index (κ3) is 4.82. The number of halogens is 1. The molecule has 1 aromatic carbocycles. The first-order valence-electron chi connectivity index (χ1n) is 8.03. The maximum Gasteiger partial charge on any atom is 0.129 e. The summed E-state index contributed by atoms with van der Waals surface area (Å²) in [5.74, 6) is 3.52. The normalized spacial score (nSPS) is 16.3. The minimum Gasteiger partial charge on any atom is -0.314 e. The van der Waals surface area contributed by atoms with Crippen LogP contribution in [-0.4, -0.2) is 39.2 Å². The maximum atomic E-state index is 3.54. The summed E-state index contributed by atoms with van der Waals surface area (Å²) in [4.78, 5) is 2.54. The van der Waals surface area contributed by atoms with Gasteiger partial charge in [0, 0.05) is 41.9 Å². The van der Waals surface area contributed by atoms with Crippen molar-refractivity contribution in [2.24, 2.45) is 0 Å². The zero-order valence-electron chi connectivity index (χ0n) is 14.4. The van der Waals surface area contributed by atoms with Crippen molar-refractivity contribution in [3.05, 3.63) is 31.9 Å². The van der Waals surface area contributed by atoms with Crippen molar-refractivity contribution in [1.29, 1.82) is 0 Å². The average molecular weight is 426 g/mol. The molecule has 0 bridgehead atoms. The third-order valence-electron chi connectivity index (χ3n) is 4.06. The van der Waals surface area contributed by atoms with E-state index in [4.69, 9.17) is 0 Å². The molecule has 1 N–H and O–H groups in total. The Morgan fingerprint density at radius 2 is 1.82 bits per heavy atom. The van der Waals surface area contributed by atoms with Gasteiger partial charge in [-0.25, -0.2) is 0 Å². The number of rotatable bonds is 2. The van der Waals surface area contributed by atoms with Crippen molar-refractivity contribution >= 4 is 30.7 Å². The van der Waals surface area contributed by atoms with Gasteiger partial charge >= 0.3 is 0 Å². The van der Waals surface area contributed by atoms with Crippen LogP contribution in [0, 0.1) is 28.9 Å². The summed E-state index contributed by atoms with van der Waals surface area (Å²) < 4.78 is 1.34. The molecule has 1 aromatic rings. The smallest absolute Gasteiger partial charge is 0.129 e. The number of piperazine rings is 1. The zero-order valence-corrected chi connectivity index (χ0v) is 17.6. The molecule has 1 fully saturated rings.